The molecule has 1 unspecified atom stereocenters. The predicted octanol–water partition coefficient (Wildman–Crippen LogP) is 1.69. The number of nitrogens with zero attached hydrogens (tertiary/aromatic N) is 2. The minimum absolute atomic E-state index is 0.755. The van der Waals surface area contributed by atoms with E-state index >= 15 is 0 Å². The van der Waals surface area contributed by atoms with Crippen molar-refractivity contribution in [1.82, 2.24) is 14.9 Å². The van der Waals surface area contributed by atoms with Crippen LogP contribution >= 0.6 is 11.8 Å². The standard InChI is InChI=1S/C11H21N3S/c1-10(15-3)4-6-12-7-5-11-13-8-9-14(11)2/h8-10,12H,4-7H2,1-3H3. The van der Waals surface area contributed by atoms with Crippen molar-refractivity contribution in [1.29, 1.82) is 0 Å². The van der Waals surface area contributed by atoms with E-state index in [1.807, 2.05) is 31.2 Å². The number of imidazole rings is 1. The van der Waals surface area contributed by atoms with Gasteiger partial charge in [-0.1, -0.05) is 6.92 Å². The topological polar surface area (TPSA) is 29.9 Å². The normalized spacial score (nSPS) is 13.0. The van der Waals surface area contributed by atoms with Crippen LogP contribution in [0, 0.1) is 0 Å². The van der Waals surface area contributed by atoms with Crippen LogP contribution in [0.4, 0.5) is 0 Å². The second kappa shape index (κ2) is 6.90. The minimum Gasteiger partial charge on any atom is -0.338 e. The lowest BCUT2D eigenvalue weighted by molar-refractivity contribution is 0.627. The maximum absolute atomic E-state index is 4.28. The van der Waals surface area contributed by atoms with E-state index in [2.05, 4.69) is 28.0 Å². The van der Waals surface area contributed by atoms with E-state index in [1.165, 1.54) is 6.42 Å². The molecule has 15 heavy (non-hydrogen) atoms. The van der Waals surface area contributed by atoms with Gasteiger partial charge >= 0.3 is 0 Å². The van der Waals surface area contributed by atoms with Crippen LogP contribution in [-0.2, 0) is 13.5 Å². The lowest BCUT2D eigenvalue weighted by Gasteiger charge is -2.08. The third-order valence-corrected chi connectivity index (χ3v) is 3.62. The zero-order chi connectivity index (χ0) is 11.1. The van der Waals surface area contributed by atoms with Crippen molar-refractivity contribution >= 4 is 11.8 Å². The summed E-state index contributed by atoms with van der Waals surface area (Å²) in [5, 5.41) is 4.20. The zero-order valence-corrected chi connectivity index (χ0v) is 10.7. The monoisotopic (exact) mass is 227 g/mol. The molecule has 1 rings (SSSR count). The van der Waals surface area contributed by atoms with Crippen molar-refractivity contribution in [2.45, 2.75) is 25.0 Å². The molecule has 1 aromatic heterocycles. The maximum atomic E-state index is 4.28. The van der Waals surface area contributed by atoms with Crippen molar-refractivity contribution in [3.63, 3.8) is 0 Å². The molecular formula is C11H21N3S. The Morgan fingerprint density at radius 1 is 1.53 bits per heavy atom. The Hall–Kier alpha value is -0.480. The highest BCUT2D eigenvalue weighted by molar-refractivity contribution is 7.99. The van der Waals surface area contributed by atoms with Gasteiger partial charge in [-0.2, -0.15) is 11.8 Å². The third-order valence-electron chi connectivity index (χ3n) is 2.58. The summed E-state index contributed by atoms with van der Waals surface area (Å²) in [7, 11) is 2.04. The number of aryl methyl sites for hydroxylation is 1. The van der Waals surface area contributed by atoms with Crippen LogP contribution in [-0.4, -0.2) is 34.1 Å². The molecule has 0 amide bonds. The Balaban J connectivity index is 2.05. The molecule has 0 saturated heterocycles. The number of hydrogen-bond acceptors (Lipinski definition) is 3. The van der Waals surface area contributed by atoms with Crippen molar-refractivity contribution in [3.05, 3.63) is 18.2 Å². The van der Waals surface area contributed by atoms with E-state index in [0.29, 0.717) is 0 Å². The fourth-order valence-corrected chi connectivity index (χ4v) is 1.74. The summed E-state index contributed by atoms with van der Waals surface area (Å²) >= 11 is 1.93. The Kier molecular flexibility index (Phi) is 5.79. The molecule has 0 aliphatic carbocycles. The molecule has 0 fully saturated rings. The molecule has 1 atom stereocenters. The Morgan fingerprint density at radius 2 is 2.33 bits per heavy atom. The van der Waals surface area contributed by atoms with Crippen LogP contribution in [0.5, 0.6) is 0 Å². The molecule has 0 spiro atoms. The molecule has 0 aliphatic heterocycles. The first kappa shape index (κ1) is 12.6. The van der Waals surface area contributed by atoms with Gasteiger partial charge in [-0.3, -0.25) is 0 Å². The summed E-state index contributed by atoms with van der Waals surface area (Å²) in [6.07, 6.45) is 8.26. The molecule has 1 N–H and O–H groups in total. The van der Waals surface area contributed by atoms with Crippen LogP contribution < -0.4 is 5.32 Å². The average Bonchev–Trinajstić information content (AvgIpc) is 2.63. The van der Waals surface area contributed by atoms with Crippen LogP contribution in [0.15, 0.2) is 12.4 Å². The van der Waals surface area contributed by atoms with Crippen molar-refractivity contribution < 1.29 is 0 Å². The highest BCUT2D eigenvalue weighted by Gasteiger charge is 2.00. The van der Waals surface area contributed by atoms with E-state index in [1.54, 1.807) is 0 Å². The largest absolute Gasteiger partial charge is 0.338 e. The Bertz CT molecular complexity index is 273. The lowest BCUT2D eigenvalue weighted by Crippen LogP contribution is -2.21. The first-order valence-corrected chi connectivity index (χ1v) is 6.72. The lowest BCUT2D eigenvalue weighted by atomic mass is 10.3. The number of rotatable bonds is 7. The maximum Gasteiger partial charge on any atom is 0.109 e. The number of aromatic nitrogens is 2. The van der Waals surface area contributed by atoms with E-state index < -0.39 is 0 Å². The number of hydrogen-bond donors (Lipinski definition) is 1. The van der Waals surface area contributed by atoms with Gasteiger partial charge in [0, 0.05) is 37.7 Å². The predicted molar refractivity (Wildman–Crippen MR) is 67.4 cm³/mol. The van der Waals surface area contributed by atoms with Crippen LogP contribution in [0.1, 0.15) is 19.2 Å². The van der Waals surface area contributed by atoms with E-state index in [4.69, 9.17) is 0 Å². The molecule has 0 bridgehead atoms. The van der Waals surface area contributed by atoms with Gasteiger partial charge in [-0.05, 0) is 19.2 Å². The smallest absolute Gasteiger partial charge is 0.109 e. The molecule has 0 saturated carbocycles. The molecule has 3 nitrogen and oxygen atoms in total. The fourth-order valence-electron chi connectivity index (χ4n) is 1.39. The van der Waals surface area contributed by atoms with Crippen LogP contribution in [0.2, 0.25) is 0 Å². The fraction of sp³-hybridized carbons (Fsp3) is 0.727. The summed E-state index contributed by atoms with van der Waals surface area (Å²) in [6, 6.07) is 0. The molecule has 1 aromatic rings. The van der Waals surface area contributed by atoms with E-state index in [9.17, 15) is 0 Å². The molecule has 86 valence electrons. The highest BCUT2D eigenvalue weighted by atomic mass is 32.2. The second-order valence-electron chi connectivity index (χ2n) is 3.79. The summed E-state index contributed by atoms with van der Waals surface area (Å²) in [5.41, 5.74) is 0. The van der Waals surface area contributed by atoms with Crippen molar-refractivity contribution in [2.24, 2.45) is 7.05 Å². The van der Waals surface area contributed by atoms with Crippen LogP contribution in [0.25, 0.3) is 0 Å². The molecule has 4 heteroatoms. The minimum atomic E-state index is 0.755. The van der Waals surface area contributed by atoms with Crippen LogP contribution in [0.3, 0.4) is 0 Å². The second-order valence-corrected chi connectivity index (χ2v) is 5.07. The average molecular weight is 227 g/mol. The van der Waals surface area contributed by atoms with Crippen molar-refractivity contribution in [3.8, 4) is 0 Å². The van der Waals surface area contributed by atoms with Gasteiger partial charge in [-0.15, -0.1) is 0 Å². The van der Waals surface area contributed by atoms with Crippen molar-refractivity contribution in [2.75, 3.05) is 19.3 Å². The molecule has 0 radical (unpaired) electrons. The number of thioether (sulfide) groups is 1. The first-order valence-electron chi connectivity index (χ1n) is 5.43. The highest BCUT2D eigenvalue weighted by Crippen LogP contribution is 2.07. The van der Waals surface area contributed by atoms with E-state index in [0.717, 1.165) is 30.6 Å². The summed E-state index contributed by atoms with van der Waals surface area (Å²) < 4.78 is 2.08. The summed E-state index contributed by atoms with van der Waals surface area (Å²) in [4.78, 5) is 4.28. The molecule has 0 aliphatic rings. The zero-order valence-electron chi connectivity index (χ0n) is 9.86. The molecule has 1 heterocycles. The first-order chi connectivity index (χ1) is 7.24. The van der Waals surface area contributed by atoms with Gasteiger partial charge < -0.3 is 9.88 Å². The molecule has 0 aromatic carbocycles. The summed E-state index contributed by atoms with van der Waals surface area (Å²) in [6.45, 7) is 4.39. The quantitative estimate of drug-likeness (QED) is 0.719. The van der Waals surface area contributed by atoms with Gasteiger partial charge in [0.2, 0.25) is 0 Å². The number of nitrogens with one attached hydrogen (secondary N) is 1. The SMILES string of the molecule is CSC(C)CCNCCc1nccn1C. The van der Waals surface area contributed by atoms with Gasteiger partial charge in [0.1, 0.15) is 5.82 Å². The van der Waals surface area contributed by atoms with Gasteiger partial charge in [0.15, 0.2) is 0 Å². The Morgan fingerprint density at radius 3 is 2.93 bits per heavy atom. The van der Waals surface area contributed by atoms with E-state index in [-0.39, 0.29) is 0 Å². The summed E-state index contributed by atoms with van der Waals surface area (Å²) in [5.74, 6) is 1.15. The van der Waals surface area contributed by atoms with Gasteiger partial charge in [0.05, 0.1) is 0 Å². The van der Waals surface area contributed by atoms with Gasteiger partial charge in [0.25, 0.3) is 0 Å². The third kappa shape index (κ3) is 4.71. The Labute approximate surface area is 96.7 Å². The molecular weight excluding hydrogens is 206 g/mol. The van der Waals surface area contributed by atoms with Gasteiger partial charge in [-0.25, -0.2) is 4.98 Å².